The second-order valence-electron chi connectivity index (χ2n) is 9.05. The van der Waals surface area contributed by atoms with Crippen molar-refractivity contribution in [3.05, 3.63) is 0 Å². The van der Waals surface area contributed by atoms with Gasteiger partial charge in [0.2, 0.25) is 5.91 Å². The van der Waals surface area contributed by atoms with Gasteiger partial charge >= 0.3 is 0 Å². The zero-order valence-corrected chi connectivity index (χ0v) is 19.5. The molecule has 0 aromatic carbocycles. The number of aliphatic hydroxyl groups is 9. The average molecular weight is 529 g/mol. The lowest BCUT2D eigenvalue weighted by Crippen LogP contribution is -2.68. The predicted molar refractivity (Wildman–Crippen MR) is 111 cm³/mol. The van der Waals surface area contributed by atoms with Gasteiger partial charge in [-0.1, -0.05) is 0 Å². The number of aliphatic hydroxyl groups excluding tert-OH is 9. The number of hydrogen-bond donors (Lipinski definition) is 10. The summed E-state index contributed by atoms with van der Waals surface area (Å²) in [5.41, 5.74) is 0. The van der Waals surface area contributed by atoms with Gasteiger partial charge in [0.25, 0.3) is 0 Å². The number of rotatable bonds is 7. The van der Waals surface area contributed by atoms with Crippen molar-refractivity contribution in [2.24, 2.45) is 0 Å². The third-order valence-electron chi connectivity index (χ3n) is 6.46. The van der Waals surface area contributed by atoms with Gasteiger partial charge in [-0.05, 0) is 6.92 Å². The fourth-order valence-corrected chi connectivity index (χ4v) is 4.40. The second kappa shape index (κ2) is 12.2. The van der Waals surface area contributed by atoms with E-state index in [9.17, 15) is 50.8 Å². The molecule has 3 aliphatic heterocycles. The van der Waals surface area contributed by atoms with E-state index in [1.165, 1.54) is 6.92 Å². The maximum Gasteiger partial charge on any atom is 0.217 e. The number of ether oxygens (including phenoxy) is 5. The minimum absolute atomic E-state index is 0.610. The van der Waals surface area contributed by atoms with E-state index in [1.54, 1.807) is 0 Å². The zero-order valence-electron chi connectivity index (χ0n) is 19.5. The molecule has 1 amide bonds. The van der Waals surface area contributed by atoms with Crippen LogP contribution >= 0.6 is 0 Å². The third kappa shape index (κ3) is 5.97. The Morgan fingerprint density at radius 1 is 0.722 bits per heavy atom. The molecule has 15 atom stereocenters. The van der Waals surface area contributed by atoms with E-state index in [4.69, 9.17) is 23.7 Å². The first kappa shape index (κ1) is 29.5. The summed E-state index contributed by atoms with van der Waals surface area (Å²) in [5.74, 6) is -0.610. The van der Waals surface area contributed by atoms with Gasteiger partial charge in [-0.2, -0.15) is 0 Å². The molecule has 3 aliphatic rings. The Morgan fingerprint density at radius 2 is 1.31 bits per heavy atom. The van der Waals surface area contributed by atoms with Crippen LogP contribution in [0.2, 0.25) is 0 Å². The van der Waals surface area contributed by atoms with Crippen molar-refractivity contribution < 1.29 is 74.4 Å². The van der Waals surface area contributed by atoms with Crippen LogP contribution in [-0.2, 0) is 28.5 Å². The Balaban J connectivity index is 1.79. The summed E-state index contributed by atoms with van der Waals surface area (Å²) in [6, 6.07) is -1.37. The topological polar surface area (TPSA) is 257 Å². The first-order chi connectivity index (χ1) is 16.9. The highest BCUT2D eigenvalue weighted by Crippen LogP contribution is 2.32. The molecule has 3 rings (SSSR count). The van der Waals surface area contributed by atoms with E-state index in [2.05, 4.69) is 5.32 Å². The molecule has 0 radical (unpaired) electrons. The lowest BCUT2D eigenvalue weighted by Gasteiger charge is -2.48. The van der Waals surface area contributed by atoms with Crippen LogP contribution in [0.5, 0.6) is 0 Å². The van der Waals surface area contributed by atoms with E-state index in [0.717, 1.165) is 6.92 Å². The summed E-state index contributed by atoms with van der Waals surface area (Å²) in [7, 11) is 0. The molecule has 0 bridgehead atoms. The maximum atomic E-state index is 11.5. The number of carbonyl (C=O) groups excluding carboxylic acids is 1. The lowest BCUT2D eigenvalue weighted by molar-refractivity contribution is -0.373. The Labute approximate surface area is 205 Å². The van der Waals surface area contributed by atoms with Crippen molar-refractivity contribution in [3.8, 4) is 0 Å². The SMILES string of the molecule is CC(=O)N[C@@H]1[C@@H](O)[C@H](O[C@H]2O[C@@H](CO)[C@@H](O)[C@@H](O[C@@H]3O[C@@H](C)[C@@H](O)[C@@H](O)[C@@H]3O)[C@@H]2O)[C@@H](CO)O[C@H]1O. The number of carbonyl (C=O) groups is 1. The summed E-state index contributed by atoms with van der Waals surface area (Å²) >= 11 is 0. The Kier molecular flexibility index (Phi) is 9.97. The molecular weight excluding hydrogens is 494 g/mol. The third-order valence-corrected chi connectivity index (χ3v) is 6.46. The smallest absolute Gasteiger partial charge is 0.217 e. The molecule has 3 heterocycles. The molecule has 0 saturated carbocycles. The maximum absolute atomic E-state index is 11.5. The molecule has 0 aliphatic carbocycles. The zero-order chi connectivity index (χ0) is 26.9. The van der Waals surface area contributed by atoms with Gasteiger partial charge in [-0.15, -0.1) is 0 Å². The Morgan fingerprint density at radius 3 is 1.89 bits per heavy atom. The van der Waals surface area contributed by atoms with E-state index in [0.29, 0.717) is 0 Å². The average Bonchev–Trinajstić information content (AvgIpc) is 2.83. The van der Waals surface area contributed by atoms with Crippen LogP contribution in [0, 0.1) is 0 Å². The summed E-state index contributed by atoms with van der Waals surface area (Å²) in [4.78, 5) is 11.5. The summed E-state index contributed by atoms with van der Waals surface area (Å²) in [6.07, 6.45) is -21.9. The standard InChI is InChI=1S/C20H35NO15/c1-5-10(25)13(28)14(29)19(32-5)36-17-11(26)7(3-22)34-20(15(17)30)35-16-8(4-23)33-18(31)9(12(16)27)21-6(2)24/h5,7-20,22-23,25-31H,3-4H2,1-2H3,(H,21,24)/t5-,7-,8+,9+,10+,11+,12+,13+,14-,15-,16+,17+,18+,19-,20+/m0/s1. The fraction of sp³-hybridized carbons (Fsp3) is 0.950. The molecule has 0 aromatic rings. The molecule has 10 N–H and O–H groups in total. The molecule has 0 unspecified atom stereocenters. The minimum Gasteiger partial charge on any atom is -0.394 e. The second-order valence-corrected chi connectivity index (χ2v) is 9.05. The van der Waals surface area contributed by atoms with Crippen molar-refractivity contribution in [3.63, 3.8) is 0 Å². The monoisotopic (exact) mass is 529 g/mol. The largest absolute Gasteiger partial charge is 0.394 e. The lowest BCUT2D eigenvalue weighted by atomic mass is 9.95. The normalized spacial score (nSPS) is 50.0. The summed E-state index contributed by atoms with van der Waals surface area (Å²) < 4.78 is 27.1. The van der Waals surface area contributed by atoms with E-state index >= 15 is 0 Å². The highest BCUT2D eigenvalue weighted by atomic mass is 16.7. The van der Waals surface area contributed by atoms with Crippen LogP contribution in [0.25, 0.3) is 0 Å². The number of nitrogens with one attached hydrogen (secondary N) is 1. The molecule has 210 valence electrons. The molecule has 16 heteroatoms. The molecule has 3 fully saturated rings. The number of amides is 1. The van der Waals surface area contributed by atoms with Crippen LogP contribution in [0.15, 0.2) is 0 Å². The quantitative estimate of drug-likeness (QED) is 0.147. The van der Waals surface area contributed by atoms with Gasteiger partial charge in [0.05, 0.1) is 19.3 Å². The van der Waals surface area contributed by atoms with E-state index in [1.807, 2.05) is 0 Å². The van der Waals surface area contributed by atoms with Crippen LogP contribution in [0.3, 0.4) is 0 Å². The van der Waals surface area contributed by atoms with Gasteiger partial charge in [0, 0.05) is 6.92 Å². The van der Waals surface area contributed by atoms with Gasteiger partial charge < -0.3 is 75.0 Å². The van der Waals surface area contributed by atoms with Crippen molar-refractivity contribution in [2.45, 2.75) is 106 Å². The van der Waals surface area contributed by atoms with Gasteiger partial charge in [-0.25, -0.2) is 0 Å². The van der Waals surface area contributed by atoms with Crippen LogP contribution < -0.4 is 5.32 Å². The van der Waals surface area contributed by atoms with Crippen LogP contribution in [0.4, 0.5) is 0 Å². The van der Waals surface area contributed by atoms with Crippen molar-refractivity contribution >= 4 is 5.91 Å². The highest BCUT2D eigenvalue weighted by Gasteiger charge is 2.53. The van der Waals surface area contributed by atoms with Crippen molar-refractivity contribution in [1.29, 1.82) is 0 Å². The van der Waals surface area contributed by atoms with Gasteiger partial charge in [0.15, 0.2) is 18.9 Å². The molecule has 0 spiro atoms. The van der Waals surface area contributed by atoms with Crippen molar-refractivity contribution in [2.75, 3.05) is 13.2 Å². The molecular formula is C20H35NO15. The van der Waals surface area contributed by atoms with Crippen LogP contribution in [0.1, 0.15) is 13.8 Å². The Bertz CT molecular complexity index is 731. The van der Waals surface area contributed by atoms with E-state index in [-0.39, 0.29) is 0 Å². The highest BCUT2D eigenvalue weighted by molar-refractivity contribution is 5.73. The molecule has 3 saturated heterocycles. The molecule has 16 nitrogen and oxygen atoms in total. The van der Waals surface area contributed by atoms with Crippen LogP contribution in [-0.4, -0.2) is 157 Å². The molecule has 36 heavy (non-hydrogen) atoms. The first-order valence-electron chi connectivity index (χ1n) is 11.4. The predicted octanol–water partition coefficient (Wildman–Crippen LogP) is -6.40. The van der Waals surface area contributed by atoms with Gasteiger partial charge in [0.1, 0.15) is 67.1 Å². The van der Waals surface area contributed by atoms with E-state index < -0.39 is 111 Å². The summed E-state index contributed by atoms with van der Waals surface area (Å²) in [6.45, 7) is 1.00. The Hall–Kier alpha value is -1.09. The number of hydrogen-bond acceptors (Lipinski definition) is 15. The van der Waals surface area contributed by atoms with Crippen molar-refractivity contribution in [1.82, 2.24) is 5.32 Å². The van der Waals surface area contributed by atoms with Gasteiger partial charge in [-0.3, -0.25) is 4.79 Å². The fourth-order valence-electron chi connectivity index (χ4n) is 4.40. The molecule has 0 aromatic heterocycles. The minimum atomic E-state index is -1.85. The summed E-state index contributed by atoms with van der Waals surface area (Å²) in [5, 5.41) is 94.0. The first-order valence-corrected chi connectivity index (χ1v) is 11.4.